The molecule has 0 amide bonds. The van der Waals surface area contributed by atoms with E-state index >= 15 is 0 Å². The van der Waals surface area contributed by atoms with Gasteiger partial charge in [-0.1, -0.05) is 116 Å². The average molecular weight is 600 g/mol. The van der Waals surface area contributed by atoms with E-state index in [1.807, 2.05) is 14.0 Å². The van der Waals surface area contributed by atoms with Gasteiger partial charge in [0.15, 0.2) is 0 Å². The Morgan fingerprint density at radius 3 is 1.58 bits per heavy atom. The van der Waals surface area contributed by atoms with Crippen LogP contribution in [0, 0.1) is 5.41 Å². The van der Waals surface area contributed by atoms with Gasteiger partial charge in [-0.25, -0.2) is 0 Å². The van der Waals surface area contributed by atoms with E-state index in [0.717, 1.165) is 19.3 Å². The average Bonchev–Trinajstić information content (AvgIpc) is 2.99. The fourth-order valence-electron chi connectivity index (χ4n) is 7.22. The molecule has 4 aromatic carbocycles. The molecule has 0 saturated heterocycles. The molecule has 0 aliphatic carbocycles. The molecule has 0 fully saturated rings. The summed E-state index contributed by atoms with van der Waals surface area (Å²) < 4.78 is 0. The molecule has 1 heterocycles. The summed E-state index contributed by atoms with van der Waals surface area (Å²) in [5, 5.41) is 12.3. The molecule has 3 nitrogen and oxygen atoms in total. The topological polar surface area (TPSA) is 39.1 Å². The predicted molar refractivity (Wildman–Crippen MR) is 194 cm³/mol. The quantitative estimate of drug-likeness (QED) is 0.171. The van der Waals surface area contributed by atoms with Gasteiger partial charge in [-0.3, -0.25) is 10.7 Å². The van der Waals surface area contributed by atoms with Crippen molar-refractivity contribution in [2.75, 3.05) is 7.05 Å². The minimum Gasteiger partial charge on any atom is -0.335 e. The number of hydrogen-bond acceptors (Lipinski definition) is 2. The third-order valence-corrected chi connectivity index (χ3v) is 9.71. The molecule has 1 aliphatic rings. The van der Waals surface area contributed by atoms with Crippen molar-refractivity contribution in [3.05, 3.63) is 107 Å². The SMILES string of the molecule is CCCC1(C)Cc2ccc(-c3cc(-c4ccc(C(C)(C)C)cc4)cc(-c4ccc(C(C)(C)C)cc4)c3)cc2C(NC)N1C(C)=N. The Labute approximate surface area is 272 Å². The number of nitrogens with zero attached hydrogens (tertiary/aromatic N) is 1. The zero-order chi connectivity index (χ0) is 32.7. The summed E-state index contributed by atoms with van der Waals surface area (Å²) in [5.74, 6) is 0.614. The van der Waals surface area contributed by atoms with Crippen molar-refractivity contribution >= 4 is 5.84 Å². The van der Waals surface area contributed by atoms with Gasteiger partial charge in [0, 0.05) is 5.54 Å². The lowest BCUT2D eigenvalue weighted by Crippen LogP contribution is -2.57. The molecule has 4 aromatic rings. The molecule has 2 unspecified atom stereocenters. The zero-order valence-electron chi connectivity index (χ0n) is 29.2. The number of nitrogens with one attached hydrogen (secondary N) is 2. The van der Waals surface area contributed by atoms with Gasteiger partial charge in [-0.2, -0.15) is 0 Å². The minimum atomic E-state index is -0.0890. The van der Waals surface area contributed by atoms with Crippen LogP contribution in [0.3, 0.4) is 0 Å². The Kier molecular flexibility index (Phi) is 8.90. The first kappa shape index (κ1) is 32.7. The lowest BCUT2D eigenvalue weighted by molar-refractivity contribution is 0.0943. The van der Waals surface area contributed by atoms with Crippen LogP contribution in [0.1, 0.15) is 104 Å². The van der Waals surface area contributed by atoms with E-state index in [2.05, 4.69) is 151 Å². The Balaban J connectivity index is 1.65. The molecule has 3 heteroatoms. The maximum Gasteiger partial charge on any atom is 0.107 e. The highest BCUT2D eigenvalue weighted by atomic mass is 15.3. The van der Waals surface area contributed by atoms with Gasteiger partial charge < -0.3 is 4.90 Å². The van der Waals surface area contributed by atoms with Crippen molar-refractivity contribution in [3.8, 4) is 33.4 Å². The summed E-state index contributed by atoms with van der Waals surface area (Å²) in [7, 11) is 2.02. The molecule has 0 radical (unpaired) electrons. The Hall–Kier alpha value is -3.69. The first-order valence-electron chi connectivity index (χ1n) is 16.7. The molecule has 1 aliphatic heterocycles. The van der Waals surface area contributed by atoms with Crippen molar-refractivity contribution < 1.29 is 0 Å². The van der Waals surface area contributed by atoms with Crippen LogP contribution in [0.15, 0.2) is 84.9 Å². The molecule has 0 bridgehead atoms. The highest BCUT2D eigenvalue weighted by molar-refractivity contribution is 5.82. The maximum absolute atomic E-state index is 8.76. The second-order valence-electron chi connectivity index (χ2n) is 15.4. The van der Waals surface area contributed by atoms with E-state index in [9.17, 15) is 0 Å². The van der Waals surface area contributed by atoms with Gasteiger partial charge in [-0.15, -0.1) is 0 Å². The molecule has 0 saturated carbocycles. The fourth-order valence-corrected chi connectivity index (χ4v) is 7.22. The van der Waals surface area contributed by atoms with Crippen molar-refractivity contribution in [3.63, 3.8) is 0 Å². The van der Waals surface area contributed by atoms with Gasteiger partial charge in [0.05, 0.1) is 5.84 Å². The Morgan fingerprint density at radius 1 is 0.733 bits per heavy atom. The third-order valence-electron chi connectivity index (χ3n) is 9.71. The number of rotatable bonds is 6. The van der Waals surface area contributed by atoms with Gasteiger partial charge in [0.1, 0.15) is 6.17 Å². The van der Waals surface area contributed by atoms with Crippen LogP contribution in [-0.4, -0.2) is 23.3 Å². The van der Waals surface area contributed by atoms with E-state index < -0.39 is 0 Å². The zero-order valence-corrected chi connectivity index (χ0v) is 29.2. The van der Waals surface area contributed by atoms with Gasteiger partial charge >= 0.3 is 0 Å². The van der Waals surface area contributed by atoms with Gasteiger partial charge in [0.2, 0.25) is 0 Å². The molecule has 0 aromatic heterocycles. The first-order valence-corrected chi connectivity index (χ1v) is 16.7. The summed E-state index contributed by atoms with van der Waals surface area (Å²) >= 11 is 0. The van der Waals surface area contributed by atoms with Crippen molar-refractivity contribution in [1.82, 2.24) is 10.2 Å². The van der Waals surface area contributed by atoms with Crippen LogP contribution < -0.4 is 5.32 Å². The van der Waals surface area contributed by atoms with E-state index in [4.69, 9.17) is 5.41 Å². The Morgan fingerprint density at radius 2 is 1.18 bits per heavy atom. The second kappa shape index (κ2) is 12.2. The molecular formula is C42H53N3. The van der Waals surface area contributed by atoms with Crippen LogP contribution in [-0.2, 0) is 17.3 Å². The molecule has 5 rings (SSSR count). The lowest BCUT2D eigenvalue weighted by Gasteiger charge is -2.51. The highest BCUT2D eigenvalue weighted by Gasteiger charge is 2.42. The number of benzene rings is 4. The number of fused-ring (bicyclic) bond motifs is 1. The molecule has 2 N–H and O–H groups in total. The largest absolute Gasteiger partial charge is 0.335 e. The summed E-state index contributed by atoms with van der Waals surface area (Å²) in [6.45, 7) is 20.1. The van der Waals surface area contributed by atoms with Crippen LogP contribution in [0.2, 0.25) is 0 Å². The predicted octanol–water partition coefficient (Wildman–Crippen LogP) is 10.9. The monoisotopic (exact) mass is 599 g/mol. The van der Waals surface area contributed by atoms with E-state index in [1.54, 1.807) is 0 Å². The standard InChI is InChI=1S/C42H53N3/c1-11-22-42(9)27-32-13-12-31(26-38(32)39(44-10)45(42)28(2)43)35-24-33(29-14-18-36(19-15-29)40(3,4)5)23-34(25-35)30-16-20-37(21-17-30)41(6,7)8/h12-21,23-26,39,43-44H,11,22,27H2,1-10H3. The van der Waals surface area contributed by atoms with E-state index in [1.165, 1.54) is 55.6 Å². The van der Waals surface area contributed by atoms with E-state index in [0.29, 0.717) is 5.84 Å². The summed E-state index contributed by atoms with van der Waals surface area (Å²) in [4.78, 5) is 2.30. The fraction of sp³-hybridized carbons (Fsp3) is 0.405. The summed E-state index contributed by atoms with van der Waals surface area (Å²) in [6.07, 6.45) is 3.04. The molecule has 236 valence electrons. The number of hydrogen-bond donors (Lipinski definition) is 2. The minimum absolute atomic E-state index is 0.0414. The summed E-state index contributed by atoms with van der Waals surface area (Å²) in [6, 6.07) is 32.2. The second-order valence-corrected chi connectivity index (χ2v) is 15.4. The highest BCUT2D eigenvalue weighted by Crippen LogP contribution is 2.42. The van der Waals surface area contributed by atoms with E-state index in [-0.39, 0.29) is 22.5 Å². The van der Waals surface area contributed by atoms with Crippen LogP contribution in [0.5, 0.6) is 0 Å². The molecule has 2 atom stereocenters. The normalized spacial score (nSPS) is 18.5. The number of amidine groups is 1. The third kappa shape index (κ3) is 6.65. The van der Waals surface area contributed by atoms with Gasteiger partial charge in [0.25, 0.3) is 0 Å². The molecule has 45 heavy (non-hydrogen) atoms. The van der Waals surface area contributed by atoms with Crippen LogP contribution in [0.4, 0.5) is 0 Å². The lowest BCUT2D eigenvalue weighted by atomic mass is 9.78. The van der Waals surface area contributed by atoms with Crippen LogP contribution >= 0.6 is 0 Å². The van der Waals surface area contributed by atoms with Crippen molar-refractivity contribution in [2.45, 2.75) is 104 Å². The Bertz CT molecular complexity index is 1590. The first-order chi connectivity index (χ1) is 21.1. The van der Waals surface area contributed by atoms with Crippen LogP contribution in [0.25, 0.3) is 33.4 Å². The summed E-state index contributed by atoms with van der Waals surface area (Å²) in [5.41, 5.74) is 12.8. The van der Waals surface area contributed by atoms with Gasteiger partial charge in [-0.05, 0) is 124 Å². The molecular weight excluding hydrogens is 546 g/mol. The van der Waals surface area contributed by atoms with Crippen molar-refractivity contribution in [1.29, 1.82) is 5.41 Å². The van der Waals surface area contributed by atoms with Crippen molar-refractivity contribution in [2.24, 2.45) is 0 Å². The maximum atomic E-state index is 8.76. The molecule has 0 spiro atoms. The smallest absolute Gasteiger partial charge is 0.107 e.